The van der Waals surface area contributed by atoms with Crippen LogP contribution >= 0.6 is 0 Å². The number of β-lactam (4-membered cyclic amide) rings is 1. The molecule has 1 aliphatic heterocycles. The lowest BCUT2D eigenvalue weighted by Crippen LogP contribution is -2.64. The molecule has 1 aromatic rings. The molecule has 0 aliphatic carbocycles. The van der Waals surface area contributed by atoms with Gasteiger partial charge in [-0.2, -0.15) is 0 Å². The van der Waals surface area contributed by atoms with Gasteiger partial charge in [-0.3, -0.25) is 4.79 Å². The van der Waals surface area contributed by atoms with Crippen LogP contribution in [0.4, 0.5) is 0 Å². The first-order valence-corrected chi connectivity index (χ1v) is 12.4. The molecule has 1 fully saturated rings. The van der Waals surface area contributed by atoms with Crippen molar-refractivity contribution in [2.45, 2.75) is 70.8 Å². The van der Waals surface area contributed by atoms with Crippen LogP contribution in [0.15, 0.2) is 48.2 Å². The molecule has 0 unspecified atom stereocenters. The number of hydrogen-bond donors (Lipinski definition) is 1. The highest BCUT2D eigenvalue weighted by molar-refractivity contribution is 6.74. The number of carbonyl (C=O) groups excluding carboxylic acids is 1. The van der Waals surface area contributed by atoms with Crippen molar-refractivity contribution in [3.63, 3.8) is 0 Å². The van der Waals surface area contributed by atoms with Crippen molar-refractivity contribution in [2.24, 2.45) is 5.92 Å². The third-order valence-corrected chi connectivity index (χ3v) is 10.5. The first-order valence-electron chi connectivity index (χ1n) is 9.48. The lowest BCUT2D eigenvalue weighted by molar-refractivity contribution is -0.138. The highest BCUT2D eigenvalue weighted by atomic mass is 28.4. The minimum Gasteiger partial charge on any atom is -0.413 e. The van der Waals surface area contributed by atoms with Gasteiger partial charge in [0, 0.05) is 0 Å². The number of carbonyl (C=O) groups is 1. The quantitative estimate of drug-likeness (QED) is 0.422. The van der Waals surface area contributed by atoms with E-state index in [1.54, 1.807) is 0 Å². The van der Waals surface area contributed by atoms with E-state index >= 15 is 0 Å². The minimum atomic E-state index is -1.91. The number of amides is 1. The minimum absolute atomic E-state index is 0.0107. The van der Waals surface area contributed by atoms with Crippen molar-refractivity contribution in [3.05, 3.63) is 53.8 Å². The Kier molecular flexibility index (Phi) is 6.33. The van der Waals surface area contributed by atoms with Gasteiger partial charge in [-0.25, -0.2) is 0 Å². The Bertz CT molecular complexity index is 684. The summed E-state index contributed by atoms with van der Waals surface area (Å²) >= 11 is 0. The molecule has 0 radical (unpaired) electrons. The molecule has 0 saturated carbocycles. The zero-order valence-corrected chi connectivity index (χ0v) is 18.1. The maximum absolute atomic E-state index is 12.3. The van der Waals surface area contributed by atoms with Gasteiger partial charge in [0.15, 0.2) is 8.32 Å². The Hall–Kier alpha value is -1.61. The molecule has 26 heavy (non-hydrogen) atoms. The van der Waals surface area contributed by atoms with Crippen LogP contribution < -0.4 is 5.32 Å². The van der Waals surface area contributed by atoms with Crippen LogP contribution in [0.1, 0.15) is 39.7 Å². The fourth-order valence-corrected chi connectivity index (χ4v) is 4.60. The van der Waals surface area contributed by atoms with E-state index in [0.717, 1.165) is 18.4 Å². The molecule has 0 aromatic heterocycles. The maximum atomic E-state index is 12.3. The van der Waals surface area contributed by atoms with Gasteiger partial charge < -0.3 is 9.74 Å². The monoisotopic (exact) mass is 371 g/mol. The molecule has 142 valence electrons. The van der Waals surface area contributed by atoms with Gasteiger partial charge in [-0.05, 0) is 49.0 Å². The van der Waals surface area contributed by atoms with Gasteiger partial charge in [0.1, 0.15) is 0 Å². The summed E-state index contributed by atoms with van der Waals surface area (Å²) in [6.07, 6.45) is 1.67. The van der Waals surface area contributed by atoms with Crippen molar-refractivity contribution < 1.29 is 9.22 Å². The third-order valence-electron chi connectivity index (χ3n) is 5.88. The van der Waals surface area contributed by atoms with Crippen molar-refractivity contribution in [1.29, 1.82) is 0 Å². The molecule has 1 amide bonds. The first kappa shape index (κ1) is 20.7. The lowest BCUT2D eigenvalue weighted by atomic mass is 9.80. The molecular formula is C22H33NO2Si. The lowest BCUT2D eigenvalue weighted by Gasteiger charge is -2.45. The molecule has 4 heteroatoms. The summed E-state index contributed by atoms with van der Waals surface area (Å²) in [5, 5.41) is 3.17. The van der Waals surface area contributed by atoms with Crippen molar-refractivity contribution in [3.8, 4) is 0 Å². The Morgan fingerprint density at radius 2 is 1.92 bits per heavy atom. The first-order chi connectivity index (χ1) is 12.1. The Morgan fingerprint density at radius 1 is 1.31 bits per heavy atom. The summed E-state index contributed by atoms with van der Waals surface area (Å²) in [6, 6.07) is 10.4. The number of aryl methyl sites for hydroxylation is 1. The standard InChI is InChI=1S/C22H33NO2Si/c1-8-18(15-14-17-12-10-9-11-13-17)20-19(21(24)23-20)16(2)25-26(6,7)22(3,4)5/h9-13,16,19-20H,1,14-15H2,2-7H3,(H,23,24)/t16-,19-,20-/m1/s1. The smallest absolute Gasteiger partial charge is 0.228 e. The molecule has 1 aromatic carbocycles. The molecule has 0 spiro atoms. The third kappa shape index (κ3) is 4.56. The summed E-state index contributed by atoms with van der Waals surface area (Å²) < 4.78 is 6.48. The predicted octanol–water partition coefficient (Wildman–Crippen LogP) is 4.86. The number of benzene rings is 1. The largest absolute Gasteiger partial charge is 0.413 e. The highest BCUT2D eigenvalue weighted by Gasteiger charge is 2.48. The summed E-state index contributed by atoms with van der Waals surface area (Å²) in [5.74, 6) is -0.0715. The van der Waals surface area contributed by atoms with Gasteiger partial charge in [0.05, 0.1) is 18.1 Å². The maximum Gasteiger partial charge on any atom is 0.228 e. The van der Waals surface area contributed by atoms with E-state index in [1.807, 2.05) is 13.0 Å². The van der Waals surface area contributed by atoms with E-state index in [9.17, 15) is 4.79 Å². The molecule has 0 bridgehead atoms. The van der Waals surface area contributed by atoms with Crippen LogP contribution in [-0.4, -0.2) is 26.4 Å². The molecule has 1 aliphatic rings. The van der Waals surface area contributed by atoms with Gasteiger partial charge in [0.2, 0.25) is 5.91 Å². The zero-order chi connectivity index (χ0) is 19.5. The van der Waals surface area contributed by atoms with Crippen LogP contribution in [-0.2, 0) is 15.6 Å². The fourth-order valence-electron chi connectivity index (χ4n) is 3.17. The van der Waals surface area contributed by atoms with Crippen LogP contribution in [0.5, 0.6) is 0 Å². The molecule has 1 heterocycles. The van der Waals surface area contributed by atoms with Crippen LogP contribution in [0.3, 0.4) is 0 Å². The second-order valence-corrected chi connectivity index (χ2v) is 13.5. The summed E-state index contributed by atoms with van der Waals surface area (Å²) in [5.41, 5.74) is 5.44. The predicted molar refractivity (Wildman–Crippen MR) is 111 cm³/mol. The summed E-state index contributed by atoms with van der Waals surface area (Å²) in [4.78, 5) is 12.3. The Morgan fingerprint density at radius 3 is 2.42 bits per heavy atom. The van der Waals surface area contributed by atoms with Crippen LogP contribution in [0.2, 0.25) is 18.1 Å². The second-order valence-electron chi connectivity index (χ2n) is 8.78. The topological polar surface area (TPSA) is 38.3 Å². The van der Waals surface area contributed by atoms with Crippen molar-refractivity contribution in [2.75, 3.05) is 0 Å². The average Bonchev–Trinajstić information content (AvgIpc) is 2.53. The van der Waals surface area contributed by atoms with E-state index in [0.29, 0.717) is 0 Å². The van der Waals surface area contributed by atoms with Crippen LogP contribution in [0, 0.1) is 5.92 Å². The van der Waals surface area contributed by atoms with Crippen LogP contribution in [0.25, 0.3) is 0 Å². The normalized spacial score (nSPS) is 21.4. The number of rotatable bonds is 7. The number of hydrogen-bond acceptors (Lipinski definition) is 2. The average molecular weight is 372 g/mol. The van der Waals surface area contributed by atoms with E-state index < -0.39 is 8.32 Å². The molecule has 2 rings (SSSR count). The van der Waals surface area contributed by atoms with E-state index in [1.165, 1.54) is 5.56 Å². The zero-order valence-electron chi connectivity index (χ0n) is 17.1. The van der Waals surface area contributed by atoms with Gasteiger partial charge in [0.25, 0.3) is 0 Å². The summed E-state index contributed by atoms with van der Waals surface area (Å²) in [7, 11) is -1.91. The van der Waals surface area contributed by atoms with Gasteiger partial charge in [-0.15, -0.1) is 5.73 Å². The molecular weight excluding hydrogens is 338 g/mol. The molecule has 3 atom stereocenters. The van der Waals surface area contributed by atoms with E-state index in [-0.39, 0.29) is 29.0 Å². The Labute approximate surface area is 159 Å². The molecule has 1 N–H and O–H groups in total. The Balaban J connectivity index is 2.04. The number of nitrogens with one attached hydrogen (secondary N) is 1. The fraction of sp³-hybridized carbons (Fsp3) is 0.545. The van der Waals surface area contributed by atoms with Crippen molar-refractivity contribution in [1.82, 2.24) is 5.32 Å². The molecule has 3 nitrogen and oxygen atoms in total. The highest BCUT2D eigenvalue weighted by Crippen LogP contribution is 2.39. The SMILES string of the molecule is C=C=C(CCc1ccccc1)[C@H]1NC(=O)[C@@H]1[C@@H](C)O[Si](C)(C)C(C)(C)C. The summed E-state index contributed by atoms with van der Waals surface area (Å²) in [6.45, 7) is 17.0. The van der Waals surface area contributed by atoms with E-state index in [2.05, 4.69) is 75.8 Å². The van der Waals surface area contributed by atoms with Gasteiger partial charge >= 0.3 is 0 Å². The van der Waals surface area contributed by atoms with E-state index in [4.69, 9.17) is 4.43 Å². The molecule has 1 saturated heterocycles. The van der Waals surface area contributed by atoms with Gasteiger partial charge in [-0.1, -0.05) is 57.7 Å². The second kappa shape index (κ2) is 7.95. The van der Waals surface area contributed by atoms with Crippen molar-refractivity contribution >= 4 is 14.2 Å².